The second-order valence-electron chi connectivity index (χ2n) is 5.46. The minimum Gasteiger partial charge on any atom is -0.508 e. The monoisotopic (exact) mass is 233 g/mol. The van der Waals surface area contributed by atoms with Crippen molar-refractivity contribution in [2.75, 3.05) is 13.1 Å². The smallest absolute Gasteiger partial charge is 0.120 e. The van der Waals surface area contributed by atoms with Crippen molar-refractivity contribution in [3.8, 4) is 5.75 Å². The highest BCUT2D eigenvalue weighted by Gasteiger charge is 2.22. The van der Waals surface area contributed by atoms with Gasteiger partial charge >= 0.3 is 0 Å². The van der Waals surface area contributed by atoms with Crippen molar-refractivity contribution in [1.82, 2.24) is 4.90 Å². The van der Waals surface area contributed by atoms with E-state index in [2.05, 4.69) is 30.9 Å². The van der Waals surface area contributed by atoms with Crippen LogP contribution in [0.1, 0.15) is 43.9 Å². The van der Waals surface area contributed by atoms with Crippen molar-refractivity contribution in [2.24, 2.45) is 5.92 Å². The van der Waals surface area contributed by atoms with Crippen LogP contribution in [-0.2, 0) is 0 Å². The number of hydrogen-bond donors (Lipinski definition) is 1. The number of aryl methyl sites for hydroxylation is 1. The topological polar surface area (TPSA) is 23.5 Å². The molecule has 1 saturated heterocycles. The van der Waals surface area contributed by atoms with E-state index >= 15 is 0 Å². The molecule has 0 radical (unpaired) electrons. The zero-order valence-corrected chi connectivity index (χ0v) is 11.1. The number of phenols is 1. The zero-order valence-electron chi connectivity index (χ0n) is 11.1. The normalized spacial score (nSPS) is 20.4. The number of phenolic OH excluding ortho intramolecular Hbond substituents is 1. The predicted molar refractivity (Wildman–Crippen MR) is 71.2 cm³/mol. The molecule has 2 rings (SSSR count). The molecule has 1 aromatic rings. The van der Waals surface area contributed by atoms with Gasteiger partial charge in [-0.3, -0.25) is 4.90 Å². The minimum atomic E-state index is 0.322. The van der Waals surface area contributed by atoms with Crippen molar-refractivity contribution in [3.05, 3.63) is 29.3 Å². The summed E-state index contributed by atoms with van der Waals surface area (Å²) in [5.41, 5.74) is 2.18. The highest BCUT2D eigenvalue weighted by molar-refractivity contribution is 5.37. The summed E-state index contributed by atoms with van der Waals surface area (Å²) >= 11 is 0. The van der Waals surface area contributed by atoms with Crippen molar-refractivity contribution < 1.29 is 5.11 Å². The number of hydrogen-bond acceptors (Lipinski definition) is 2. The molecule has 1 aliphatic heterocycles. The van der Waals surface area contributed by atoms with E-state index in [9.17, 15) is 5.11 Å². The molecule has 1 heterocycles. The van der Waals surface area contributed by atoms with Gasteiger partial charge in [-0.15, -0.1) is 0 Å². The first-order chi connectivity index (χ1) is 8.08. The minimum absolute atomic E-state index is 0.322. The highest BCUT2D eigenvalue weighted by Crippen LogP contribution is 2.31. The lowest BCUT2D eigenvalue weighted by Crippen LogP contribution is -2.35. The quantitative estimate of drug-likeness (QED) is 0.845. The lowest BCUT2D eigenvalue weighted by molar-refractivity contribution is 0.145. The molecule has 94 valence electrons. The molecule has 0 aliphatic carbocycles. The summed E-state index contributed by atoms with van der Waals surface area (Å²) in [4.78, 5) is 2.48. The number of rotatable bonds is 2. The number of benzene rings is 1. The number of piperidine rings is 1. The van der Waals surface area contributed by atoms with Crippen LogP contribution < -0.4 is 0 Å². The SMILES string of the molecule is Cc1ccc(C(C)N2CCC(C)CC2)c(O)c1. The molecule has 0 saturated carbocycles. The van der Waals surface area contributed by atoms with Gasteiger partial charge in [-0.2, -0.15) is 0 Å². The Labute approximate surface area is 104 Å². The fraction of sp³-hybridized carbons (Fsp3) is 0.600. The van der Waals surface area contributed by atoms with Crippen LogP contribution in [-0.4, -0.2) is 23.1 Å². The van der Waals surface area contributed by atoms with Crippen LogP contribution in [0, 0.1) is 12.8 Å². The van der Waals surface area contributed by atoms with Crippen LogP contribution in [0.3, 0.4) is 0 Å². The number of nitrogens with zero attached hydrogens (tertiary/aromatic N) is 1. The lowest BCUT2D eigenvalue weighted by atomic mass is 9.96. The Bertz CT molecular complexity index is 381. The maximum Gasteiger partial charge on any atom is 0.120 e. The molecule has 1 N–H and O–H groups in total. The molecule has 2 heteroatoms. The molecule has 0 aromatic heterocycles. The van der Waals surface area contributed by atoms with E-state index in [1.54, 1.807) is 0 Å². The predicted octanol–water partition coefficient (Wildman–Crippen LogP) is 3.49. The largest absolute Gasteiger partial charge is 0.508 e. The van der Waals surface area contributed by atoms with Crippen LogP contribution in [0.5, 0.6) is 5.75 Å². The average molecular weight is 233 g/mol. The van der Waals surface area contributed by atoms with E-state index in [1.807, 2.05) is 13.0 Å². The second kappa shape index (κ2) is 5.09. The summed E-state index contributed by atoms with van der Waals surface area (Å²) in [5.74, 6) is 1.29. The standard InChI is InChI=1S/C15H23NO/c1-11-6-8-16(9-7-11)13(3)14-5-4-12(2)10-15(14)17/h4-5,10-11,13,17H,6-9H2,1-3H3. The lowest BCUT2D eigenvalue weighted by Gasteiger charge is -2.35. The van der Waals surface area contributed by atoms with E-state index in [0.717, 1.165) is 30.1 Å². The van der Waals surface area contributed by atoms with Crippen molar-refractivity contribution in [3.63, 3.8) is 0 Å². The summed E-state index contributed by atoms with van der Waals surface area (Å²) in [5, 5.41) is 10.0. The van der Waals surface area contributed by atoms with Gasteiger partial charge in [0.25, 0.3) is 0 Å². The summed E-state index contributed by atoms with van der Waals surface area (Å²) in [6.07, 6.45) is 2.55. The molecular weight excluding hydrogens is 210 g/mol. The van der Waals surface area contributed by atoms with Crippen LogP contribution in [0.4, 0.5) is 0 Å². The zero-order chi connectivity index (χ0) is 12.4. The Kier molecular flexibility index (Phi) is 3.72. The third-order valence-corrected chi connectivity index (χ3v) is 4.00. The van der Waals surface area contributed by atoms with Crippen LogP contribution in [0.25, 0.3) is 0 Å². The number of likely N-dealkylation sites (tertiary alicyclic amines) is 1. The molecular formula is C15H23NO. The van der Waals surface area contributed by atoms with Crippen LogP contribution in [0.15, 0.2) is 18.2 Å². The highest BCUT2D eigenvalue weighted by atomic mass is 16.3. The molecule has 1 fully saturated rings. The summed E-state index contributed by atoms with van der Waals surface area (Å²) in [7, 11) is 0. The fourth-order valence-electron chi connectivity index (χ4n) is 2.62. The molecule has 1 aliphatic rings. The Morgan fingerprint density at radius 2 is 1.94 bits per heavy atom. The van der Waals surface area contributed by atoms with Crippen LogP contribution >= 0.6 is 0 Å². The van der Waals surface area contributed by atoms with Crippen molar-refractivity contribution in [1.29, 1.82) is 0 Å². The van der Waals surface area contributed by atoms with Gasteiger partial charge in [-0.05, 0) is 57.3 Å². The van der Waals surface area contributed by atoms with E-state index < -0.39 is 0 Å². The maximum atomic E-state index is 10.0. The van der Waals surface area contributed by atoms with Gasteiger partial charge in [0, 0.05) is 11.6 Å². The first kappa shape index (κ1) is 12.4. The van der Waals surface area contributed by atoms with E-state index in [0.29, 0.717) is 11.8 Å². The van der Waals surface area contributed by atoms with Crippen molar-refractivity contribution in [2.45, 2.75) is 39.7 Å². The van der Waals surface area contributed by atoms with Crippen molar-refractivity contribution >= 4 is 0 Å². The van der Waals surface area contributed by atoms with Gasteiger partial charge in [-0.1, -0.05) is 19.1 Å². The Hall–Kier alpha value is -1.02. The third kappa shape index (κ3) is 2.81. The molecule has 2 nitrogen and oxygen atoms in total. The van der Waals surface area contributed by atoms with Gasteiger partial charge in [0.05, 0.1) is 0 Å². The fourth-order valence-corrected chi connectivity index (χ4v) is 2.62. The Morgan fingerprint density at radius 1 is 1.29 bits per heavy atom. The van der Waals surface area contributed by atoms with E-state index in [-0.39, 0.29) is 0 Å². The molecule has 17 heavy (non-hydrogen) atoms. The third-order valence-electron chi connectivity index (χ3n) is 4.00. The molecule has 1 unspecified atom stereocenters. The second-order valence-corrected chi connectivity index (χ2v) is 5.46. The average Bonchev–Trinajstić information content (AvgIpc) is 2.29. The first-order valence-corrected chi connectivity index (χ1v) is 6.61. The molecule has 1 atom stereocenters. The van der Waals surface area contributed by atoms with Gasteiger partial charge in [0.2, 0.25) is 0 Å². The van der Waals surface area contributed by atoms with Crippen LogP contribution in [0.2, 0.25) is 0 Å². The summed E-state index contributed by atoms with van der Waals surface area (Å²) in [6.45, 7) is 8.83. The maximum absolute atomic E-state index is 10.0. The Balaban J connectivity index is 2.11. The Morgan fingerprint density at radius 3 is 2.53 bits per heavy atom. The van der Waals surface area contributed by atoms with Gasteiger partial charge < -0.3 is 5.11 Å². The molecule has 1 aromatic carbocycles. The van der Waals surface area contributed by atoms with Gasteiger partial charge in [-0.25, -0.2) is 0 Å². The first-order valence-electron chi connectivity index (χ1n) is 6.61. The molecule has 0 spiro atoms. The van der Waals surface area contributed by atoms with Gasteiger partial charge in [0.15, 0.2) is 0 Å². The van der Waals surface area contributed by atoms with E-state index in [4.69, 9.17) is 0 Å². The molecule has 0 bridgehead atoms. The summed E-state index contributed by atoms with van der Waals surface area (Å²) < 4.78 is 0. The van der Waals surface area contributed by atoms with E-state index in [1.165, 1.54) is 12.8 Å². The number of aromatic hydroxyl groups is 1. The molecule has 0 amide bonds. The van der Waals surface area contributed by atoms with Gasteiger partial charge in [0.1, 0.15) is 5.75 Å². The summed E-state index contributed by atoms with van der Waals surface area (Å²) in [6, 6.07) is 6.33.